The maximum atomic E-state index is 13.5. The molecular formula is C12H16FNO2S2. The van der Waals surface area contributed by atoms with E-state index in [4.69, 9.17) is 0 Å². The minimum atomic E-state index is -3.76. The topological polar surface area (TPSA) is 46.2 Å². The van der Waals surface area contributed by atoms with Crippen LogP contribution in [0.2, 0.25) is 0 Å². The highest BCUT2D eigenvalue weighted by Crippen LogP contribution is 2.29. The minimum Gasteiger partial charge on any atom is -0.207 e. The predicted molar refractivity (Wildman–Crippen MR) is 71.7 cm³/mol. The van der Waals surface area contributed by atoms with E-state index in [1.54, 1.807) is 11.8 Å². The van der Waals surface area contributed by atoms with Gasteiger partial charge in [0.2, 0.25) is 10.0 Å². The molecule has 18 heavy (non-hydrogen) atoms. The van der Waals surface area contributed by atoms with E-state index in [9.17, 15) is 12.8 Å². The van der Waals surface area contributed by atoms with Gasteiger partial charge in [0.1, 0.15) is 10.7 Å². The van der Waals surface area contributed by atoms with Crippen LogP contribution in [0.25, 0.3) is 0 Å². The maximum Gasteiger partial charge on any atom is 0.243 e. The molecular weight excluding hydrogens is 273 g/mol. The second kappa shape index (κ2) is 5.59. The third kappa shape index (κ3) is 2.87. The number of hydrogen-bond donors (Lipinski definition) is 1. The van der Waals surface area contributed by atoms with Crippen molar-refractivity contribution in [3.8, 4) is 0 Å². The van der Waals surface area contributed by atoms with Gasteiger partial charge in [0.05, 0.1) is 0 Å². The summed E-state index contributed by atoms with van der Waals surface area (Å²) in [5.41, 5.74) is 0. The fourth-order valence-corrected chi connectivity index (χ4v) is 4.68. The first-order valence-corrected chi connectivity index (χ1v) is 8.61. The van der Waals surface area contributed by atoms with Crippen molar-refractivity contribution in [2.45, 2.75) is 35.4 Å². The quantitative estimate of drug-likeness (QED) is 0.925. The fourth-order valence-electron chi connectivity index (χ4n) is 2.27. The molecule has 1 aromatic carbocycles. The van der Waals surface area contributed by atoms with E-state index < -0.39 is 15.8 Å². The lowest BCUT2D eigenvalue weighted by Gasteiger charge is -2.19. The van der Waals surface area contributed by atoms with Gasteiger partial charge in [0.15, 0.2) is 0 Å². The molecule has 1 aliphatic carbocycles. The van der Waals surface area contributed by atoms with E-state index in [2.05, 4.69) is 4.72 Å². The van der Waals surface area contributed by atoms with Gasteiger partial charge in [-0.1, -0.05) is 18.6 Å². The van der Waals surface area contributed by atoms with E-state index in [0.717, 1.165) is 25.3 Å². The number of thioether (sulfide) groups is 1. The van der Waals surface area contributed by atoms with E-state index >= 15 is 0 Å². The van der Waals surface area contributed by atoms with E-state index in [0.29, 0.717) is 0 Å². The van der Waals surface area contributed by atoms with Crippen molar-refractivity contribution in [3.05, 3.63) is 30.1 Å². The third-order valence-electron chi connectivity index (χ3n) is 3.19. The van der Waals surface area contributed by atoms with E-state index in [1.807, 2.05) is 6.26 Å². The Morgan fingerprint density at radius 2 is 2.06 bits per heavy atom. The van der Waals surface area contributed by atoms with Crippen LogP contribution in [0.4, 0.5) is 4.39 Å². The minimum absolute atomic E-state index is 0.0930. The van der Waals surface area contributed by atoms with Crippen LogP contribution < -0.4 is 4.72 Å². The van der Waals surface area contributed by atoms with Gasteiger partial charge in [0, 0.05) is 11.3 Å². The molecule has 100 valence electrons. The maximum absolute atomic E-state index is 13.5. The average molecular weight is 289 g/mol. The van der Waals surface area contributed by atoms with Crippen LogP contribution in [0.3, 0.4) is 0 Å². The number of halogens is 1. The Morgan fingerprint density at radius 3 is 2.72 bits per heavy atom. The first-order valence-electron chi connectivity index (χ1n) is 5.84. The molecule has 1 N–H and O–H groups in total. The van der Waals surface area contributed by atoms with Crippen LogP contribution in [0, 0.1) is 5.82 Å². The Bertz CT molecular complexity index is 519. The Kier molecular flexibility index (Phi) is 4.29. The summed E-state index contributed by atoms with van der Waals surface area (Å²) in [6.45, 7) is 0. The zero-order chi connectivity index (χ0) is 13.2. The molecule has 1 saturated carbocycles. The zero-order valence-electron chi connectivity index (χ0n) is 10.1. The van der Waals surface area contributed by atoms with Gasteiger partial charge in [-0.2, -0.15) is 11.8 Å². The van der Waals surface area contributed by atoms with Crippen molar-refractivity contribution >= 4 is 21.8 Å². The molecule has 1 fully saturated rings. The van der Waals surface area contributed by atoms with Gasteiger partial charge < -0.3 is 0 Å². The van der Waals surface area contributed by atoms with Gasteiger partial charge in [0.25, 0.3) is 0 Å². The van der Waals surface area contributed by atoms with Gasteiger partial charge in [-0.05, 0) is 31.2 Å². The van der Waals surface area contributed by atoms with Crippen LogP contribution in [0.1, 0.15) is 19.3 Å². The average Bonchev–Trinajstić information content (AvgIpc) is 2.76. The zero-order valence-corrected chi connectivity index (χ0v) is 11.7. The number of hydrogen-bond acceptors (Lipinski definition) is 3. The SMILES string of the molecule is CSC1CCCC1NS(=O)(=O)c1ccccc1F. The lowest BCUT2D eigenvalue weighted by Crippen LogP contribution is -2.38. The largest absolute Gasteiger partial charge is 0.243 e. The Hall–Kier alpha value is -0.590. The molecule has 0 bridgehead atoms. The normalized spacial score (nSPS) is 24.3. The lowest BCUT2D eigenvalue weighted by atomic mass is 10.3. The van der Waals surface area contributed by atoms with Crippen molar-refractivity contribution in [3.63, 3.8) is 0 Å². The molecule has 2 rings (SSSR count). The molecule has 0 spiro atoms. The van der Waals surface area contributed by atoms with Crippen LogP contribution in [-0.2, 0) is 10.0 Å². The monoisotopic (exact) mass is 289 g/mol. The molecule has 2 unspecified atom stereocenters. The lowest BCUT2D eigenvalue weighted by molar-refractivity contribution is 0.539. The number of benzene rings is 1. The molecule has 0 aromatic heterocycles. The Labute approximate surface area is 111 Å². The Balaban J connectivity index is 2.20. The van der Waals surface area contributed by atoms with Crippen LogP contribution >= 0.6 is 11.8 Å². The van der Waals surface area contributed by atoms with Gasteiger partial charge in [-0.25, -0.2) is 17.5 Å². The molecule has 1 aromatic rings. The summed E-state index contributed by atoms with van der Waals surface area (Å²) >= 11 is 1.66. The number of sulfonamides is 1. The summed E-state index contributed by atoms with van der Waals surface area (Å²) in [6, 6.07) is 5.37. The van der Waals surface area contributed by atoms with Crippen molar-refractivity contribution in [1.29, 1.82) is 0 Å². The number of rotatable bonds is 4. The molecule has 0 heterocycles. The molecule has 1 aliphatic rings. The first-order chi connectivity index (χ1) is 8.54. The van der Waals surface area contributed by atoms with Crippen LogP contribution in [-0.4, -0.2) is 26.0 Å². The van der Waals surface area contributed by atoms with Crippen molar-refractivity contribution in [2.24, 2.45) is 0 Å². The molecule has 3 nitrogen and oxygen atoms in total. The van der Waals surface area contributed by atoms with Crippen molar-refractivity contribution < 1.29 is 12.8 Å². The van der Waals surface area contributed by atoms with Gasteiger partial charge in [-0.3, -0.25) is 0 Å². The molecule has 0 radical (unpaired) electrons. The molecule has 0 amide bonds. The summed E-state index contributed by atoms with van der Waals surface area (Å²) < 4.78 is 40.4. The summed E-state index contributed by atoms with van der Waals surface area (Å²) in [6.07, 6.45) is 4.81. The highest BCUT2D eigenvalue weighted by molar-refractivity contribution is 7.99. The van der Waals surface area contributed by atoms with Gasteiger partial charge >= 0.3 is 0 Å². The predicted octanol–water partition coefficient (Wildman–Crippen LogP) is 2.39. The first kappa shape index (κ1) is 13.8. The summed E-state index contributed by atoms with van der Waals surface area (Å²) in [5, 5.41) is 0.284. The fraction of sp³-hybridized carbons (Fsp3) is 0.500. The Morgan fingerprint density at radius 1 is 1.33 bits per heavy atom. The van der Waals surface area contributed by atoms with Crippen molar-refractivity contribution in [1.82, 2.24) is 4.72 Å². The van der Waals surface area contributed by atoms with Crippen molar-refractivity contribution in [2.75, 3.05) is 6.26 Å². The van der Waals surface area contributed by atoms with Crippen LogP contribution in [0.15, 0.2) is 29.2 Å². The molecule has 0 saturated heterocycles. The third-order valence-corrected chi connectivity index (χ3v) is 5.88. The highest BCUT2D eigenvalue weighted by Gasteiger charge is 2.31. The molecule has 2 atom stereocenters. The summed E-state index contributed by atoms with van der Waals surface area (Å²) in [7, 11) is -3.76. The molecule has 6 heteroatoms. The summed E-state index contributed by atoms with van der Waals surface area (Å²) in [4.78, 5) is -0.267. The van der Waals surface area contributed by atoms with Gasteiger partial charge in [-0.15, -0.1) is 0 Å². The second-order valence-electron chi connectivity index (χ2n) is 4.36. The van der Waals surface area contributed by atoms with E-state index in [1.165, 1.54) is 18.2 Å². The molecule has 0 aliphatic heterocycles. The second-order valence-corrected chi connectivity index (χ2v) is 7.12. The standard InChI is InChI=1S/C12H16FNO2S2/c1-17-11-7-4-6-10(11)14-18(15,16)12-8-3-2-5-9(12)13/h2-3,5,8,10-11,14H,4,6-7H2,1H3. The smallest absolute Gasteiger partial charge is 0.207 e. The highest BCUT2D eigenvalue weighted by atomic mass is 32.2. The van der Waals surface area contributed by atoms with Crippen LogP contribution in [0.5, 0.6) is 0 Å². The summed E-state index contributed by atoms with van der Waals surface area (Å²) in [5.74, 6) is -0.705. The van der Waals surface area contributed by atoms with E-state index in [-0.39, 0.29) is 16.2 Å². The number of nitrogens with one attached hydrogen (secondary N) is 1.